The van der Waals surface area contributed by atoms with Crippen molar-refractivity contribution in [1.82, 2.24) is 15.1 Å². The van der Waals surface area contributed by atoms with Crippen molar-refractivity contribution in [2.75, 3.05) is 0 Å². The number of rotatable bonds is 5. The normalized spacial score (nSPS) is 15.1. The summed E-state index contributed by atoms with van der Waals surface area (Å²) in [5.74, 6) is 1.95. The molecule has 1 saturated carbocycles. The van der Waals surface area contributed by atoms with Gasteiger partial charge < -0.3 is 9.73 Å². The lowest BCUT2D eigenvalue weighted by Gasteiger charge is -2.02. The van der Waals surface area contributed by atoms with Gasteiger partial charge in [0.25, 0.3) is 0 Å². The van der Waals surface area contributed by atoms with Crippen LogP contribution in [0, 0.1) is 13.8 Å². The highest BCUT2D eigenvalue weighted by molar-refractivity contribution is 9.10. The van der Waals surface area contributed by atoms with Gasteiger partial charge in [0.2, 0.25) is 0 Å². The van der Waals surface area contributed by atoms with E-state index in [-0.39, 0.29) is 0 Å². The monoisotopic (exact) mass is 323 g/mol. The van der Waals surface area contributed by atoms with Crippen molar-refractivity contribution >= 4 is 15.9 Å². The first-order valence-corrected chi connectivity index (χ1v) is 7.43. The third-order valence-corrected chi connectivity index (χ3v) is 4.61. The Morgan fingerprint density at radius 1 is 1.37 bits per heavy atom. The van der Waals surface area contributed by atoms with E-state index in [9.17, 15) is 0 Å². The first-order valence-electron chi connectivity index (χ1n) is 6.64. The highest BCUT2D eigenvalue weighted by atomic mass is 79.9. The Labute approximate surface area is 121 Å². The number of hydrogen-bond acceptors (Lipinski definition) is 3. The Morgan fingerprint density at radius 2 is 2.11 bits per heavy atom. The molecule has 0 saturated heterocycles. The van der Waals surface area contributed by atoms with E-state index in [4.69, 9.17) is 4.42 Å². The zero-order chi connectivity index (χ0) is 13.4. The van der Waals surface area contributed by atoms with Crippen LogP contribution in [0.1, 0.15) is 35.7 Å². The summed E-state index contributed by atoms with van der Waals surface area (Å²) in [5, 5.41) is 7.94. The van der Waals surface area contributed by atoms with E-state index in [0.29, 0.717) is 12.6 Å². The van der Waals surface area contributed by atoms with Gasteiger partial charge in [-0.25, -0.2) is 0 Å². The van der Waals surface area contributed by atoms with Crippen LogP contribution in [0.3, 0.4) is 0 Å². The fourth-order valence-electron chi connectivity index (χ4n) is 2.11. The lowest BCUT2D eigenvalue weighted by molar-refractivity contribution is 0.427. The van der Waals surface area contributed by atoms with Gasteiger partial charge in [-0.05, 0) is 54.8 Å². The third-order valence-electron chi connectivity index (χ3n) is 3.46. The van der Waals surface area contributed by atoms with Crippen LogP contribution in [-0.2, 0) is 13.1 Å². The van der Waals surface area contributed by atoms with Gasteiger partial charge in [-0.1, -0.05) is 0 Å². The number of hydrogen-bond donors (Lipinski definition) is 1. The summed E-state index contributed by atoms with van der Waals surface area (Å²) in [5.41, 5.74) is 2.14. The number of aromatic nitrogens is 2. The molecule has 2 heterocycles. The molecular formula is C14H18BrN3O. The molecule has 4 nitrogen and oxygen atoms in total. The summed E-state index contributed by atoms with van der Waals surface area (Å²) in [6.07, 6.45) is 2.60. The maximum Gasteiger partial charge on any atom is 0.125 e. The van der Waals surface area contributed by atoms with E-state index >= 15 is 0 Å². The molecule has 2 aromatic rings. The van der Waals surface area contributed by atoms with Gasteiger partial charge in [0.05, 0.1) is 29.0 Å². The van der Waals surface area contributed by atoms with Gasteiger partial charge in [0, 0.05) is 6.04 Å². The quantitative estimate of drug-likeness (QED) is 0.919. The molecule has 3 rings (SSSR count). The van der Waals surface area contributed by atoms with Crippen LogP contribution < -0.4 is 5.32 Å². The molecular weight excluding hydrogens is 306 g/mol. The summed E-state index contributed by atoms with van der Waals surface area (Å²) >= 11 is 3.54. The molecule has 5 heteroatoms. The first kappa shape index (κ1) is 12.9. The minimum absolute atomic E-state index is 0.682. The van der Waals surface area contributed by atoms with E-state index in [1.807, 2.05) is 23.7 Å². The fraction of sp³-hybridized carbons (Fsp3) is 0.500. The van der Waals surface area contributed by atoms with Crippen molar-refractivity contribution in [1.29, 1.82) is 0 Å². The van der Waals surface area contributed by atoms with Crippen LogP contribution >= 0.6 is 15.9 Å². The van der Waals surface area contributed by atoms with Gasteiger partial charge in [-0.3, -0.25) is 4.68 Å². The highest BCUT2D eigenvalue weighted by Crippen LogP contribution is 2.22. The molecule has 1 aliphatic rings. The van der Waals surface area contributed by atoms with E-state index < -0.39 is 0 Å². The predicted molar refractivity (Wildman–Crippen MR) is 77.1 cm³/mol. The third kappa shape index (κ3) is 2.92. The summed E-state index contributed by atoms with van der Waals surface area (Å²) in [6.45, 7) is 5.57. The maximum absolute atomic E-state index is 5.83. The van der Waals surface area contributed by atoms with Gasteiger partial charge >= 0.3 is 0 Å². The van der Waals surface area contributed by atoms with Crippen LogP contribution in [0.5, 0.6) is 0 Å². The van der Waals surface area contributed by atoms with E-state index in [2.05, 4.69) is 33.3 Å². The minimum atomic E-state index is 0.682. The molecule has 19 heavy (non-hydrogen) atoms. The number of nitrogens with one attached hydrogen (secondary N) is 1. The van der Waals surface area contributed by atoms with Crippen molar-refractivity contribution in [2.45, 2.75) is 45.8 Å². The average molecular weight is 324 g/mol. The SMILES string of the molecule is Cc1nn(Cc2ccc(CNC3CC3)o2)c(C)c1Br. The summed E-state index contributed by atoms with van der Waals surface area (Å²) < 4.78 is 8.88. The van der Waals surface area contributed by atoms with Gasteiger partial charge in [-0.15, -0.1) is 0 Å². The average Bonchev–Trinajstić information content (AvgIpc) is 3.08. The van der Waals surface area contributed by atoms with Crippen LogP contribution in [0.2, 0.25) is 0 Å². The smallest absolute Gasteiger partial charge is 0.125 e. The maximum atomic E-state index is 5.83. The molecule has 0 spiro atoms. The van der Waals surface area contributed by atoms with Gasteiger partial charge in [0.1, 0.15) is 11.5 Å². The Hall–Kier alpha value is -1.07. The summed E-state index contributed by atoms with van der Waals surface area (Å²) in [6, 6.07) is 4.79. The topological polar surface area (TPSA) is 43.0 Å². The molecule has 0 aromatic carbocycles. The first-order chi connectivity index (χ1) is 9.13. The van der Waals surface area contributed by atoms with E-state index in [0.717, 1.165) is 33.9 Å². The lowest BCUT2D eigenvalue weighted by atomic mass is 10.4. The molecule has 1 fully saturated rings. The molecule has 102 valence electrons. The second kappa shape index (κ2) is 5.13. The Morgan fingerprint density at radius 3 is 2.74 bits per heavy atom. The van der Waals surface area contributed by atoms with Crippen LogP contribution in [-0.4, -0.2) is 15.8 Å². The summed E-state index contributed by atoms with van der Waals surface area (Å²) in [7, 11) is 0. The second-order valence-electron chi connectivity index (χ2n) is 5.17. The molecule has 0 unspecified atom stereocenters. The zero-order valence-corrected chi connectivity index (χ0v) is 12.8. The van der Waals surface area contributed by atoms with Gasteiger partial charge in [-0.2, -0.15) is 5.10 Å². The predicted octanol–water partition coefficient (Wildman–Crippen LogP) is 3.16. The lowest BCUT2D eigenvalue weighted by Crippen LogP contribution is -2.14. The van der Waals surface area contributed by atoms with Gasteiger partial charge in [0.15, 0.2) is 0 Å². The largest absolute Gasteiger partial charge is 0.463 e. The van der Waals surface area contributed by atoms with Crippen LogP contribution in [0.4, 0.5) is 0 Å². The van der Waals surface area contributed by atoms with Crippen molar-refractivity contribution in [3.05, 3.63) is 39.5 Å². The molecule has 2 aromatic heterocycles. The van der Waals surface area contributed by atoms with Crippen molar-refractivity contribution in [3.63, 3.8) is 0 Å². The molecule has 0 amide bonds. The Balaban J connectivity index is 1.66. The highest BCUT2D eigenvalue weighted by Gasteiger charge is 2.20. The Bertz CT molecular complexity index is 584. The van der Waals surface area contributed by atoms with Crippen LogP contribution in [0.25, 0.3) is 0 Å². The molecule has 0 aliphatic heterocycles. The Kier molecular flexibility index (Phi) is 3.50. The zero-order valence-electron chi connectivity index (χ0n) is 11.2. The number of nitrogens with zero attached hydrogens (tertiary/aromatic N) is 2. The second-order valence-corrected chi connectivity index (χ2v) is 5.96. The van der Waals surface area contributed by atoms with E-state index in [1.165, 1.54) is 12.8 Å². The fourth-order valence-corrected chi connectivity index (χ4v) is 2.40. The molecule has 0 radical (unpaired) electrons. The summed E-state index contributed by atoms with van der Waals surface area (Å²) in [4.78, 5) is 0. The standard InChI is InChI=1S/C14H18BrN3O/c1-9-14(15)10(2)18(17-9)8-13-6-5-12(19-13)7-16-11-3-4-11/h5-6,11,16H,3-4,7-8H2,1-2H3. The molecule has 0 atom stereocenters. The molecule has 0 bridgehead atoms. The molecule has 1 aliphatic carbocycles. The minimum Gasteiger partial charge on any atom is -0.463 e. The number of halogens is 1. The van der Waals surface area contributed by atoms with Crippen molar-refractivity contribution in [2.24, 2.45) is 0 Å². The number of aryl methyl sites for hydroxylation is 1. The van der Waals surface area contributed by atoms with E-state index in [1.54, 1.807) is 0 Å². The van der Waals surface area contributed by atoms with Crippen molar-refractivity contribution in [3.8, 4) is 0 Å². The molecule has 1 N–H and O–H groups in total. The number of furan rings is 1. The van der Waals surface area contributed by atoms with Crippen LogP contribution in [0.15, 0.2) is 21.0 Å². The van der Waals surface area contributed by atoms with Crippen molar-refractivity contribution < 1.29 is 4.42 Å².